The molecule has 3 heteroatoms. The summed E-state index contributed by atoms with van der Waals surface area (Å²) < 4.78 is 0. The average Bonchev–Trinajstić information content (AvgIpc) is 2.54. The Bertz CT molecular complexity index is 456. The zero-order valence-corrected chi connectivity index (χ0v) is 12.8. The molecule has 2 N–H and O–H groups in total. The van der Waals surface area contributed by atoms with Gasteiger partial charge in [-0.3, -0.25) is 0 Å². The van der Waals surface area contributed by atoms with Gasteiger partial charge in [-0.25, -0.2) is 4.79 Å². The first-order chi connectivity index (χ1) is 10.3. The van der Waals surface area contributed by atoms with Crippen molar-refractivity contribution in [3.05, 3.63) is 48.0 Å². The molecule has 1 aromatic rings. The van der Waals surface area contributed by atoms with Crippen LogP contribution in [-0.2, 0) is 0 Å². The van der Waals surface area contributed by atoms with Gasteiger partial charge >= 0.3 is 6.03 Å². The van der Waals surface area contributed by atoms with Crippen molar-refractivity contribution in [1.82, 2.24) is 10.6 Å². The average molecular weight is 286 g/mol. The van der Waals surface area contributed by atoms with E-state index in [1.54, 1.807) is 0 Å². The van der Waals surface area contributed by atoms with Crippen molar-refractivity contribution in [2.45, 2.75) is 38.5 Å². The molecule has 1 aliphatic carbocycles. The third-order valence-electron chi connectivity index (χ3n) is 4.16. The molecule has 0 saturated heterocycles. The molecule has 0 aromatic heterocycles. The predicted molar refractivity (Wildman–Crippen MR) is 87.4 cm³/mol. The number of amides is 2. The summed E-state index contributed by atoms with van der Waals surface area (Å²) >= 11 is 0. The van der Waals surface area contributed by atoms with Gasteiger partial charge in [0, 0.05) is 13.1 Å². The molecule has 0 fully saturated rings. The fraction of sp³-hybridized carbons (Fsp3) is 0.500. The lowest BCUT2D eigenvalue weighted by Crippen LogP contribution is -2.39. The predicted octanol–water partition coefficient (Wildman–Crippen LogP) is 3.84. The summed E-state index contributed by atoms with van der Waals surface area (Å²) in [5.41, 5.74) is 1.33. The lowest BCUT2D eigenvalue weighted by molar-refractivity contribution is 0.238. The summed E-state index contributed by atoms with van der Waals surface area (Å²) in [4.78, 5) is 11.8. The van der Waals surface area contributed by atoms with Crippen LogP contribution >= 0.6 is 0 Å². The van der Waals surface area contributed by atoms with E-state index in [0.717, 1.165) is 25.8 Å². The van der Waals surface area contributed by atoms with Crippen LogP contribution in [0.15, 0.2) is 42.5 Å². The zero-order valence-electron chi connectivity index (χ0n) is 12.8. The number of nitrogens with one attached hydrogen (secondary N) is 2. The number of hydrogen-bond acceptors (Lipinski definition) is 1. The van der Waals surface area contributed by atoms with Crippen molar-refractivity contribution < 1.29 is 4.79 Å². The molecule has 1 aliphatic rings. The minimum atomic E-state index is -0.0372. The topological polar surface area (TPSA) is 41.1 Å². The molecule has 0 aliphatic heterocycles. The number of urea groups is 1. The number of allylic oxidation sites excluding steroid dienone is 2. The molecule has 0 bridgehead atoms. The second kappa shape index (κ2) is 8.50. The summed E-state index contributed by atoms with van der Waals surface area (Å²) in [6.07, 6.45) is 8.82. The smallest absolute Gasteiger partial charge is 0.314 e. The second-order valence-corrected chi connectivity index (χ2v) is 5.89. The van der Waals surface area contributed by atoms with Crippen molar-refractivity contribution in [2.75, 3.05) is 13.1 Å². The molecule has 0 saturated carbocycles. The molecular formula is C18H26N2O. The largest absolute Gasteiger partial charge is 0.338 e. The maximum absolute atomic E-state index is 11.8. The van der Waals surface area contributed by atoms with Crippen LogP contribution in [0.1, 0.15) is 44.1 Å². The van der Waals surface area contributed by atoms with Crippen LogP contribution in [0.5, 0.6) is 0 Å². The Kier molecular flexibility index (Phi) is 6.32. The van der Waals surface area contributed by atoms with Crippen molar-refractivity contribution in [3.63, 3.8) is 0 Å². The van der Waals surface area contributed by atoms with Crippen LogP contribution in [0, 0.1) is 5.92 Å². The van der Waals surface area contributed by atoms with Gasteiger partial charge in [0.05, 0.1) is 0 Å². The first-order valence-corrected chi connectivity index (χ1v) is 7.97. The summed E-state index contributed by atoms with van der Waals surface area (Å²) in [6.45, 7) is 3.69. The molecule has 2 amide bonds. The molecular weight excluding hydrogens is 260 g/mol. The summed E-state index contributed by atoms with van der Waals surface area (Å²) in [7, 11) is 0. The van der Waals surface area contributed by atoms with Crippen molar-refractivity contribution in [3.8, 4) is 0 Å². The second-order valence-electron chi connectivity index (χ2n) is 5.89. The molecule has 0 heterocycles. The minimum Gasteiger partial charge on any atom is -0.338 e. The van der Waals surface area contributed by atoms with E-state index in [-0.39, 0.29) is 6.03 Å². The summed E-state index contributed by atoms with van der Waals surface area (Å²) in [6, 6.07) is 10.4. The van der Waals surface area contributed by atoms with Crippen LogP contribution in [0.2, 0.25) is 0 Å². The highest BCUT2D eigenvalue weighted by Crippen LogP contribution is 2.18. The Labute approximate surface area is 127 Å². The molecule has 0 radical (unpaired) electrons. The monoisotopic (exact) mass is 286 g/mol. The molecule has 0 spiro atoms. The Balaban J connectivity index is 1.59. The third kappa shape index (κ3) is 5.62. The summed E-state index contributed by atoms with van der Waals surface area (Å²) in [5, 5.41) is 5.94. The third-order valence-corrected chi connectivity index (χ3v) is 4.16. The van der Waals surface area contributed by atoms with Crippen LogP contribution in [0.3, 0.4) is 0 Å². The highest BCUT2D eigenvalue weighted by Gasteiger charge is 2.11. The van der Waals surface area contributed by atoms with E-state index in [1.807, 2.05) is 6.07 Å². The maximum atomic E-state index is 11.8. The Morgan fingerprint density at radius 2 is 2.05 bits per heavy atom. The van der Waals surface area contributed by atoms with Gasteiger partial charge in [-0.2, -0.15) is 0 Å². The normalized spacial score (nSPS) is 19.0. The summed E-state index contributed by atoms with van der Waals surface area (Å²) in [5.74, 6) is 1.07. The van der Waals surface area contributed by atoms with E-state index >= 15 is 0 Å². The van der Waals surface area contributed by atoms with E-state index in [2.05, 4.69) is 54.0 Å². The number of benzene rings is 1. The Morgan fingerprint density at radius 3 is 2.76 bits per heavy atom. The van der Waals surface area contributed by atoms with E-state index in [1.165, 1.54) is 12.0 Å². The lowest BCUT2D eigenvalue weighted by atomic mass is 9.94. The number of carbonyl (C=O) groups excluding carboxylic acids is 1. The maximum Gasteiger partial charge on any atom is 0.314 e. The van der Waals surface area contributed by atoms with Crippen molar-refractivity contribution in [2.24, 2.45) is 5.92 Å². The van der Waals surface area contributed by atoms with Gasteiger partial charge < -0.3 is 10.6 Å². The van der Waals surface area contributed by atoms with Gasteiger partial charge in [0.15, 0.2) is 0 Å². The number of carbonyl (C=O) groups is 1. The van der Waals surface area contributed by atoms with Gasteiger partial charge in [0.25, 0.3) is 0 Å². The molecule has 1 aromatic carbocycles. The number of hydrogen-bond donors (Lipinski definition) is 2. The van der Waals surface area contributed by atoms with Gasteiger partial charge in [0.2, 0.25) is 0 Å². The van der Waals surface area contributed by atoms with Gasteiger partial charge in [-0.15, -0.1) is 0 Å². The molecule has 114 valence electrons. The van der Waals surface area contributed by atoms with Gasteiger partial charge in [-0.05, 0) is 43.1 Å². The van der Waals surface area contributed by atoms with Crippen LogP contribution in [0.25, 0.3) is 0 Å². The lowest BCUT2D eigenvalue weighted by Gasteiger charge is -2.18. The minimum absolute atomic E-state index is 0.0372. The highest BCUT2D eigenvalue weighted by atomic mass is 16.2. The van der Waals surface area contributed by atoms with Crippen LogP contribution < -0.4 is 10.6 Å². The standard InChI is InChI=1S/C18H26N2O/c1-15(17-10-6-3-7-11-17)12-13-19-18(21)20-14-16-8-4-2-5-9-16/h2-4,6-7,10-11,15-16H,5,8-9,12-14H2,1H3,(H2,19,20,21). The number of rotatable bonds is 6. The molecule has 21 heavy (non-hydrogen) atoms. The zero-order chi connectivity index (χ0) is 14.9. The molecule has 2 unspecified atom stereocenters. The molecule has 2 atom stereocenters. The van der Waals surface area contributed by atoms with Crippen LogP contribution in [0.4, 0.5) is 4.79 Å². The van der Waals surface area contributed by atoms with Gasteiger partial charge in [-0.1, -0.05) is 49.4 Å². The Morgan fingerprint density at radius 1 is 1.24 bits per heavy atom. The van der Waals surface area contributed by atoms with Crippen molar-refractivity contribution >= 4 is 6.03 Å². The first-order valence-electron chi connectivity index (χ1n) is 7.97. The quantitative estimate of drug-likeness (QED) is 0.767. The van der Waals surface area contributed by atoms with E-state index < -0.39 is 0 Å². The van der Waals surface area contributed by atoms with E-state index in [4.69, 9.17) is 0 Å². The fourth-order valence-corrected chi connectivity index (χ4v) is 2.69. The molecule has 2 rings (SSSR count). The van der Waals surface area contributed by atoms with E-state index in [0.29, 0.717) is 18.4 Å². The SMILES string of the molecule is CC(CCNC(=O)NCC1CC=CCC1)c1ccccc1. The first kappa shape index (κ1) is 15.6. The highest BCUT2D eigenvalue weighted by molar-refractivity contribution is 5.73. The van der Waals surface area contributed by atoms with Crippen molar-refractivity contribution in [1.29, 1.82) is 0 Å². The van der Waals surface area contributed by atoms with E-state index in [9.17, 15) is 4.79 Å². The fourth-order valence-electron chi connectivity index (χ4n) is 2.69. The van der Waals surface area contributed by atoms with Gasteiger partial charge in [0.1, 0.15) is 0 Å². The molecule has 3 nitrogen and oxygen atoms in total. The Hall–Kier alpha value is -1.77. The van der Waals surface area contributed by atoms with Crippen LogP contribution in [-0.4, -0.2) is 19.1 Å².